The van der Waals surface area contributed by atoms with E-state index in [0.717, 1.165) is 5.56 Å². The predicted octanol–water partition coefficient (Wildman–Crippen LogP) is 4.21. The van der Waals surface area contributed by atoms with Crippen LogP contribution in [-0.2, 0) is 11.2 Å². The predicted molar refractivity (Wildman–Crippen MR) is 107 cm³/mol. The van der Waals surface area contributed by atoms with E-state index in [0.29, 0.717) is 29.8 Å². The van der Waals surface area contributed by atoms with Gasteiger partial charge in [-0.15, -0.1) is 0 Å². The first-order valence-corrected chi connectivity index (χ1v) is 8.78. The molecule has 1 aromatic heterocycles. The molecule has 0 spiro atoms. The number of aryl methyl sites for hydroxylation is 2. The van der Waals surface area contributed by atoms with Crippen molar-refractivity contribution in [1.82, 2.24) is 4.98 Å². The third kappa shape index (κ3) is 5.01. The molecule has 0 aliphatic carbocycles. The van der Waals surface area contributed by atoms with E-state index in [4.69, 9.17) is 0 Å². The maximum Gasteiger partial charge on any atom is 0.257 e. The molecule has 136 valence electrons. The molecule has 0 atom stereocenters. The summed E-state index contributed by atoms with van der Waals surface area (Å²) >= 11 is 0. The third-order valence-corrected chi connectivity index (χ3v) is 4.26. The van der Waals surface area contributed by atoms with Gasteiger partial charge in [0, 0.05) is 18.8 Å². The largest absolute Gasteiger partial charge is 0.324 e. The number of benzene rings is 2. The number of nitrogens with zero attached hydrogens (tertiary/aromatic N) is 1. The molecule has 0 saturated heterocycles. The molecular weight excluding hydrogens is 338 g/mol. The zero-order valence-electron chi connectivity index (χ0n) is 15.1. The Balaban J connectivity index is 1.64. The summed E-state index contributed by atoms with van der Waals surface area (Å²) in [5.74, 6) is -0.369. The molecule has 0 radical (unpaired) electrons. The van der Waals surface area contributed by atoms with Crippen molar-refractivity contribution in [3.05, 3.63) is 89.7 Å². The maximum atomic E-state index is 12.4. The Morgan fingerprint density at radius 2 is 1.59 bits per heavy atom. The van der Waals surface area contributed by atoms with E-state index in [1.165, 1.54) is 11.8 Å². The summed E-state index contributed by atoms with van der Waals surface area (Å²) in [6.45, 7) is 2.04. The van der Waals surface area contributed by atoms with Gasteiger partial charge in [-0.05, 0) is 48.7 Å². The van der Waals surface area contributed by atoms with E-state index in [2.05, 4.69) is 15.6 Å². The number of hydrogen-bond donors (Lipinski definition) is 2. The molecule has 3 rings (SSSR count). The molecule has 0 unspecified atom stereocenters. The summed E-state index contributed by atoms with van der Waals surface area (Å²) in [6.07, 6.45) is 4.15. The summed E-state index contributed by atoms with van der Waals surface area (Å²) in [7, 11) is 0. The lowest BCUT2D eigenvalue weighted by Crippen LogP contribution is -2.17. The van der Waals surface area contributed by atoms with Crippen molar-refractivity contribution in [3.8, 4) is 0 Å². The van der Waals surface area contributed by atoms with Gasteiger partial charge in [-0.2, -0.15) is 0 Å². The molecule has 0 aliphatic rings. The SMILES string of the molecule is Cc1ccccc1CCC(=O)Nc1ccccc1NC(=O)c1cccnc1. The zero-order chi connectivity index (χ0) is 19.1. The van der Waals surface area contributed by atoms with E-state index < -0.39 is 0 Å². The van der Waals surface area contributed by atoms with Gasteiger partial charge in [-0.1, -0.05) is 36.4 Å². The number of hydrogen-bond acceptors (Lipinski definition) is 3. The minimum Gasteiger partial charge on any atom is -0.324 e. The second-order valence-electron chi connectivity index (χ2n) is 6.22. The fourth-order valence-electron chi connectivity index (χ4n) is 2.74. The van der Waals surface area contributed by atoms with E-state index in [-0.39, 0.29) is 11.8 Å². The molecule has 1 heterocycles. The Labute approximate surface area is 158 Å². The number of amides is 2. The fraction of sp³-hybridized carbons (Fsp3) is 0.136. The van der Waals surface area contributed by atoms with Crippen LogP contribution in [0.5, 0.6) is 0 Å². The Morgan fingerprint density at radius 3 is 2.30 bits per heavy atom. The molecule has 5 nitrogen and oxygen atoms in total. The van der Waals surface area contributed by atoms with Gasteiger partial charge in [0.1, 0.15) is 0 Å². The molecule has 5 heteroatoms. The van der Waals surface area contributed by atoms with Gasteiger partial charge < -0.3 is 10.6 Å². The summed E-state index contributed by atoms with van der Waals surface area (Å²) in [5, 5.41) is 5.71. The van der Waals surface area contributed by atoms with Crippen molar-refractivity contribution in [3.63, 3.8) is 0 Å². The number of para-hydroxylation sites is 2. The topological polar surface area (TPSA) is 71.1 Å². The normalized spacial score (nSPS) is 10.3. The highest BCUT2D eigenvalue weighted by molar-refractivity contribution is 6.07. The Kier molecular flexibility index (Phi) is 5.94. The van der Waals surface area contributed by atoms with Crippen LogP contribution in [0.25, 0.3) is 0 Å². The lowest BCUT2D eigenvalue weighted by Gasteiger charge is -2.12. The minimum absolute atomic E-state index is 0.0960. The number of carbonyl (C=O) groups is 2. The summed E-state index contributed by atoms with van der Waals surface area (Å²) in [6, 6.07) is 18.6. The van der Waals surface area contributed by atoms with Crippen LogP contribution in [-0.4, -0.2) is 16.8 Å². The third-order valence-electron chi connectivity index (χ3n) is 4.26. The number of pyridine rings is 1. The van der Waals surface area contributed by atoms with Crippen LogP contribution in [0.3, 0.4) is 0 Å². The first kappa shape index (κ1) is 18.3. The van der Waals surface area contributed by atoms with Crippen molar-refractivity contribution in [1.29, 1.82) is 0 Å². The second kappa shape index (κ2) is 8.76. The molecule has 0 aliphatic heterocycles. The van der Waals surface area contributed by atoms with Gasteiger partial charge >= 0.3 is 0 Å². The molecule has 0 bridgehead atoms. The van der Waals surface area contributed by atoms with Crippen LogP contribution in [0.1, 0.15) is 27.9 Å². The lowest BCUT2D eigenvalue weighted by molar-refractivity contribution is -0.116. The standard InChI is InChI=1S/C22H21N3O2/c1-16-7-2-3-8-17(16)12-13-21(26)24-19-10-4-5-11-20(19)25-22(27)18-9-6-14-23-15-18/h2-11,14-15H,12-13H2,1H3,(H,24,26)(H,25,27). The first-order valence-electron chi connectivity index (χ1n) is 8.78. The average Bonchev–Trinajstić information content (AvgIpc) is 2.69. The average molecular weight is 359 g/mol. The van der Waals surface area contributed by atoms with E-state index in [1.54, 1.807) is 30.5 Å². The molecule has 2 N–H and O–H groups in total. The van der Waals surface area contributed by atoms with Crippen molar-refractivity contribution in [2.45, 2.75) is 19.8 Å². The fourth-order valence-corrected chi connectivity index (χ4v) is 2.74. The number of aromatic nitrogens is 1. The quantitative estimate of drug-likeness (QED) is 0.692. The molecule has 2 amide bonds. The van der Waals surface area contributed by atoms with Crippen molar-refractivity contribution in [2.24, 2.45) is 0 Å². The van der Waals surface area contributed by atoms with Gasteiger partial charge in [-0.3, -0.25) is 14.6 Å². The van der Waals surface area contributed by atoms with Gasteiger partial charge in [0.05, 0.1) is 16.9 Å². The van der Waals surface area contributed by atoms with Crippen molar-refractivity contribution in [2.75, 3.05) is 10.6 Å². The van der Waals surface area contributed by atoms with Crippen molar-refractivity contribution < 1.29 is 9.59 Å². The monoisotopic (exact) mass is 359 g/mol. The van der Waals surface area contributed by atoms with Crippen LogP contribution in [0.15, 0.2) is 73.1 Å². The Bertz CT molecular complexity index is 939. The van der Waals surface area contributed by atoms with E-state index in [9.17, 15) is 9.59 Å². The van der Waals surface area contributed by atoms with Crippen LogP contribution in [0, 0.1) is 6.92 Å². The molecule has 0 saturated carbocycles. The zero-order valence-corrected chi connectivity index (χ0v) is 15.1. The highest BCUT2D eigenvalue weighted by Gasteiger charge is 2.11. The van der Waals surface area contributed by atoms with Crippen LogP contribution >= 0.6 is 0 Å². The summed E-state index contributed by atoms with van der Waals surface area (Å²) in [5.41, 5.74) is 3.92. The highest BCUT2D eigenvalue weighted by Crippen LogP contribution is 2.22. The van der Waals surface area contributed by atoms with Gasteiger partial charge in [0.15, 0.2) is 0 Å². The van der Waals surface area contributed by atoms with Gasteiger partial charge in [0.2, 0.25) is 5.91 Å². The van der Waals surface area contributed by atoms with Crippen molar-refractivity contribution >= 4 is 23.2 Å². The lowest BCUT2D eigenvalue weighted by atomic mass is 10.0. The first-order chi connectivity index (χ1) is 13.1. The summed E-state index contributed by atoms with van der Waals surface area (Å²) in [4.78, 5) is 28.7. The van der Waals surface area contributed by atoms with Gasteiger partial charge in [0.25, 0.3) is 5.91 Å². The number of anilines is 2. The van der Waals surface area contributed by atoms with Crippen LogP contribution in [0.2, 0.25) is 0 Å². The molecule has 27 heavy (non-hydrogen) atoms. The highest BCUT2D eigenvalue weighted by atomic mass is 16.2. The summed E-state index contributed by atoms with van der Waals surface area (Å²) < 4.78 is 0. The second-order valence-corrected chi connectivity index (χ2v) is 6.22. The maximum absolute atomic E-state index is 12.4. The van der Waals surface area contributed by atoms with E-state index in [1.807, 2.05) is 43.3 Å². The Hall–Kier alpha value is -3.47. The number of rotatable bonds is 6. The van der Waals surface area contributed by atoms with Crippen LogP contribution in [0.4, 0.5) is 11.4 Å². The minimum atomic E-state index is -0.273. The molecule has 3 aromatic rings. The van der Waals surface area contributed by atoms with E-state index >= 15 is 0 Å². The smallest absolute Gasteiger partial charge is 0.257 e. The number of carbonyl (C=O) groups excluding carboxylic acids is 2. The Morgan fingerprint density at radius 1 is 0.889 bits per heavy atom. The van der Waals surface area contributed by atoms with Gasteiger partial charge in [-0.25, -0.2) is 0 Å². The number of nitrogens with one attached hydrogen (secondary N) is 2. The molecular formula is C22H21N3O2. The molecule has 0 fully saturated rings. The molecule has 2 aromatic carbocycles. The van der Waals surface area contributed by atoms with Crippen LogP contribution < -0.4 is 10.6 Å².